The van der Waals surface area contributed by atoms with Crippen molar-refractivity contribution in [3.63, 3.8) is 0 Å². The van der Waals surface area contributed by atoms with E-state index in [-0.39, 0.29) is 29.3 Å². The first-order valence-corrected chi connectivity index (χ1v) is 11.6. The Kier molecular flexibility index (Phi) is 7.29. The lowest BCUT2D eigenvalue weighted by molar-refractivity contribution is -0.134. The molecule has 1 saturated heterocycles. The summed E-state index contributed by atoms with van der Waals surface area (Å²) < 4.78 is 7.64. The Hall–Kier alpha value is -2.91. The van der Waals surface area contributed by atoms with Crippen LogP contribution in [0.4, 0.5) is 0 Å². The summed E-state index contributed by atoms with van der Waals surface area (Å²) in [7, 11) is 0. The number of ether oxygens (including phenoxy) is 1. The van der Waals surface area contributed by atoms with Gasteiger partial charge in [-0.1, -0.05) is 18.2 Å². The molecule has 0 bridgehead atoms. The number of carbonyl (C=O) groups excluding carboxylic acids is 1. The largest absolute Gasteiger partial charge is 0.481 e. The molecule has 1 aromatic carbocycles. The summed E-state index contributed by atoms with van der Waals surface area (Å²) in [4.78, 5) is 34.3. The molecule has 9 nitrogen and oxygen atoms in total. The normalized spacial score (nSPS) is 26.1. The van der Waals surface area contributed by atoms with Crippen LogP contribution in [-0.4, -0.2) is 58.6 Å². The van der Waals surface area contributed by atoms with Gasteiger partial charge in [0.05, 0.1) is 17.8 Å². The van der Waals surface area contributed by atoms with E-state index in [0.717, 1.165) is 39.5 Å². The Labute approximate surface area is 192 Å². The molecule has 2 heterocycles. The minimum Gasteiger partial charge on any atom is -0.481 e. The summed E-state index contributed by atoms with van der Waals surface area (Å²) >= 11 is 0. The third-order valence-corrected chi connectivity index (χ3v) is 6.56. The highest BCUT2D eigenvalue weighted by Gasteiger charge is 2.41. The molecular formula is C24H32N4O5. The number of aromatic nitrogens is 2. The zero-order valence-electron chi connectivity index (χ0n) is 18.8. The Bertz CT molecular complexity index is 1010. The Morgan fingerprint density at radius 2 is 1.82 bits per heavy atom. The average molecular weight is 457 g/mol. The minimum atomic E-state index is -0.833. The van der Waals surface area contributed by atoms with Crippen LogP contribution in [-0.2, 0) is 9.53 Å². The van der Waals surface area contributed by atoms with Crippen molar-refractivity contribution in [1.29, 1.82) is 0 Å². The molecule has 4 atom stereocenters. The third-order valence-electron chi connectivity index (χ3n) is 6.56. The van der Waals surface area contributed by atoms with E-state index >= 15 is 0 Å². The highest BCUT2D eigenvalue weighted by Crippen LogP contribution is 2.36. The van der Waals surface area contributed by atoms with Crippen LogP contribution in [0, 0.1) is 17.8 Å². The number of hydrogen-bond donors (Lipinski definition) is 4. The number of carboxylic acid groups (broad SMARTS) is 1. The standard InChI is InChI=1S/C22H28N4O3.C2H4O2/c27-21-10-19(25-26(21)17-4-2-1-3-5-17)22(28)24-18-8-15-11-23-12-16(15)9-20(18)29-13-14-6-7-14;1-2(3)4/h1-5,10,14-16,18,20,23,25H,6-9,11-13H2,(H,24,28);1H3,(H,3,4)/t15-,16+,18-,20-;/m0./s1. The van der Waals surface area contributed by atoms with E-state index in [1.54, 1.807) is 0 Å². The monoisotopic (exact) mass is 456 g/mol. The number of amides is 1. The molecule has 9 heteroatoms. The summed E-state index contributed by atoms with van der Waals surface area (Å²) in [5.41, 5.74) is 0.748. The van der Waals surface area contributed by atoms with E-state index < -0.39 is 5.97 Å². The Morgan fingerprint density at radius 3 is 2.48 bits per heavy atom. The first-order valence-electron chi connectivity index (χ1n) is 11.6. The van der Waals surface area contributed by atoms with Crippen LogP contribution in [0.25, 0.3) is 5.69 Å². The maximum absolute atomic E-state index is 12.9. The second-order valence-corrected chi connectivity index (χ2v) is 9.24. The van der Waals surface area contributed by atoms with Crippen molar-refractivity contribution in [2.45, 2.75) is 44.8 Å². The molecule has 3 fully saturated rings. The maximum atomic E-state index is 12.9. The number of hydrogen-bond acceptors (Lipinski definition) is 5. The number of nitrogens with one attached hydrogen (secondary N) is 3. The van der Waals surface area contributed by atoms with Gasteiger partial charge in [0.15, 0.2) is 0 Å². The number of nitrogens with zero attached hydrogens (tertiary/aromatic N) is 1. The number of aromatic amines is 1. The number of fused-ring (bicyclic) bond motifs is 1. The maximum Gasteiger partial charge on any atom is 0.300 e. The Balaban J connectivity index is 0.000000601. The van der Waals surface area contributed by atoms with Gasteiger partial charge in [-0.3, -0.25) is 19.5 Å². The molecular weight excluding hydrogens is 424 g/mol. The van der Waals surface area contributed by atoms with Crippen LogP contribution in [0.1, 0.15) is 43.1 Å². The zero-order valence-corrected chi connectivity index (χ0v) is 18.8. The van der Waals surface area contributed by atoms with Crippen molar-refractivity contribution >= 4 is 11.9 Å². The molecule has 2 saturated carbocycles. The third kappa shape index (κ3) is 6.11. The van der Waals surface area contributed by atoms with Gasteiger partial charge in [-0.2, -0.15) is 0 Å². The topological polar surface area (TPSA) is 125 Å². The van der Waals surface area contributed by atoms with Crippen LogP contribution < -0.4 is 16.2 Å². The van der Waals surface area contributed by atoms with E-state index in [1.165, 1.54) is 23.6 Å². The lowest BCUT2D eigenvalue weighted by atomic mass is 9.77. The summed E-state index contributed by atoms with van der Waals surface area (Å²) in [5, 5.41) is 17.0. The number of rotatable bonds is 6. The minimum absolute atomic E-state index is 0.0222. The number of aliphatic carboxylic acids is 1. The van der Waals surface area contributed by atoms with Gasteiger partial charge in [0.25, 0.3) is 17.4 Å². The molecule has 4 N–H and O–H groups in total. The van der Waals surface area contributed by atoms with Crippen molar-refractivity contribution < 1.29 is 19.4 Å². The molecule has 1 aromatic heterocycles. The molecule has 2 aromatic rings. The summed E-state index contributed by atoms with van der Waals surface area (Å²) in [6, 6.07) is 10.6. The van der Waals surface area contributed by atoms with Crippen LogP contribution in [0.15, 0.2) is 41.2 Å². The fourth-order valence-electron chi connectivity index (χ4n) is 4.69. The van der Waals surface area contributed by atoms with E-state index in [9.17, 15) is 9.59 Å². The van der Waals surface area contributed by atoms with Gasteiger partial charge in [0, 0.05) is 19.6 Å². The fourth-order valence-corrected chi connectivity index (χ4v) is 4.69. The predicted octanol–water partition coefficient (Wildman–Crippen LogP) is 1.78. The molecule has 5 rings (SSSR count). The van der Waals surface area contributed by atoms with Gasteiger partial charge in [-0.05, 0) is 68.7 Å². The highest BCUT2D eigenvalue weighted by molar-refractivity contribution is 5.92. The smallest absolute Gasteiger partial charge is 0.300 e. The van der Waals surface area contributed by atoms with Crippen LogP contribution in [0.5, 0.6) is 0 Å². The van der Waals surface area contributed by atoms with Gasteiger partial charge in [0.1, 0.15) is 5.69 Å². The van der Waals surface area contributed by atoms with Gasteiger partial charge in [-0.25, -0.2) is 4.68 Å². The molecule has 0 spiro atoms. The van der Waals surface area contributed by atoms with Gasteiger partial charge >= 0.3 is 0 Å². The molecule has 178 valence electrons. The average Bonchev–Trinajstić information content (AvgIpc) is 3.36. The van der Waals surface area contributed by atoms with Gasteiger partial charge < -0.3 is 20.5 Å². The van der Waals surface area contributed by atoms with Gasteiger partial charge in [0.2, 0.25) is 0 Å². The second kappa shape index (κ2) is 10.4. The molecule has 1 amide bonds. The van der Waals surface area contributed by atoms with Crippen LogP contribution >= 0.6 is 0 Å². The zero-order chi connectivity index (χ0) is 23.4. The summed E-state index contributed by atoms with van der Waals surface area (Å²) in [6.45, 7) is 3.93. The van der Waals surface area contributed by atoms with Crippen LogP contribution in [0.2, 0.25) is 0 Å². The molecule has 3 aliphatic rings. The van der Waals surface area contributed by atoms with Crippen molar-refractivity contribution in [2.24, 2.45) is 17.8 Å². The lowest BCUT2D eigenvalue weighted by Crippen LogP contribution is -2.50. The summed E-state index contributed by atoms with van der Waals surface area (Å²) in [6.07, 6.45) is 4.46. The lowest BCUT2D eigenvalue weighted by Gasteiger charge is -2.38. The number of para-hydroxylation sites is 1. The highest BCUT2D eigenvalue weighted by atomic mass is 16.5. The quantitative estimate of drug-likeness (QED) is 0.525. The number of carboxylic acids is 1. The summed E-state index contributed by atoms with van der Waals surface area (Å²) in [5.74, 6) is 0.827. The van der Waals surface area contributed by atoms with E-state index in [4.69, 9.17) is 14.6 Å². The molecule has 2 aliphatic carbocycles. The van der Waals surface area contributed by atoms with E-state index in [0.29, 0.717) is 23.4 Å². The number of H-pyrrole nitrogens is 1. The Morgan fingerprint density at radius 1 is 1.15 bits per heavy atom. The van der Waals surface area contributed by atoms with Crippen molar-refractivity contribution in [3.8, 4) is 5.69 Å². The first kappa shape index (κ1) is 23.3. The SMILES string of the molecule is CC(=O)O.O=C(N[C@H]1C[C@H]2CNC[C@H]2C[C@@H]1OCC1CC1)c1cc(=O)n(-c2ccccc2)[nH]1. The molecule has 33 heavy (non-hydrogen) atoms. The molecule has 1 aliphatic heterocycles. The predicted molar refractivity (Wildman–Crippen MR) is 123 cm³/mol. The fraction of sp³-hybridized carbons (Fsp3) is 0.542. The molecule has 0 radical (unpaired) electrons. The van der Waals surface area contributed by atoms with Crippen molar-refractivity contribution in [3.05, 3.63) is 52.4 Å². The van der Waals surface area contributed by atoms with E-state index in [1.807, 2.05) is 30.3 Å². The first-order chi connectivity index (χ1) is 15.9. The van der Waals surface area contributed by atoms with Crippen LogP contribution in [0.3, 0.4) is 0 Å². The number of benzene rings is 1. The second-order valence-electron chi connectivity index (χ2n) is 9.24. The van der Waals surface area contributed by atoms with E-state index in [2.05, 4.69) is 15.7 Å². The molecule has 0 unspecified atom stereocenters. The van der Waals surface area contributed by atoms with Crippen molar-refractivity contribution in [1.82, 2.24) is 20.4 Å². The van der Waals surface area contributed by atoms with Crippen molar-refractivity contribution in [2.75, 3.05) is 19.7 Å². The van der Waals surface area contributed by atoms with Gasteiger partial charge in [-0.15, -0.1) is 0 Å². The number of carbonyl (C=O) groups is 2.